The lowest BCUT2D eigenvalue weighted by Crippen LogP contribution is -2.18. The molecule has 1 rings (SSSR count). The maximum atomic E-state index is 6.53. The molecule has 0 bridgehead atoms. The fourth-order valence-corrected chi connectivity index (χ4v) is 3.03. The van der Waals surface area contributed by atoms with Gasteiger partial charge in [0.05, 0.1) is 5.38 Å². The predicted octanol–water partition coefficient (Wildman–Crippen LogP) is 6.56. The molecule has 2 atom stereocenters. The molecular formula is C14H19Br2Cl. The summed E-state index contributed by atoms with van der Waals surface area (Å²) in [6.45, 7) is 9.05. The van der Waals surface area contributed by atoms with Crippen molar-refractivity contribution >= 4 is 43.5 Å². The number of hydrogen-bond donors (Lipinski definition) is 0. The highest BCUT2D eigenvalue weighted by molar-refractivity contribution is 9.11. The van der Waals surface area contributed by atoms with Crippen LogP contribution in [-0.2, 0) is 0 Å². The van der Waals surface area contributed by atoms with Crippen LogP contribution in [-0.4, -0.2) is 0 Å². The van der Waals surface area contributed by atoms with Gasteiger partial charge in [-0.15, -0.1) is 11.6 Å². The van der Waals surface area contributed by atoms with E-state index in [0.29, 0.717) is 11.3 Å². The lowest BCUT2D eigenvalue weighted by molar-refractivity contribution is 0.245. The average Bonchev–Trinajstić information content (AvgIpc) is 2.20. The Morgan fingerprint density at radius 1 is 1.24 bits per heavy atom. The highest BCUT2D eigenvalue weighted by Crippen LogP contribution is 2.39. The van der Waals surface area contributed by atoms with Crippen molar-refractivity contribution < 1.29 is 0 Å². The predicted molar refractivity (Wildman–Crippen MR) is 83.7 cm³/mol. The molecule has 0 heterocycles. The Bertz CT molecular complexity index is 382. The van der Waals surface area contributed by atoms with Gasteiger partial charge in [-0.2, -0.15) is 0 Å². The molecule has 0 aliphatic rings. The van der Waals surface area contributed by atoms with Gasteiger partial charge >= 0.3 is 0 Å². The van der Waals surface area contributed by atoms with Crippen molar-refractivity contribution in [2.75, 3.05) is 0 Å². The van der Waals surface area contributed by atoms with E-state index in [0.717, 1.165) is 20.9 Å². The van der Waals surface area contributed by atoms with E-state index in [9.17, 15) is 0 Å². The Morgan fingerprint density at radius 3 is 2.35 bits per heavy atom. The first-order valence-electron chi connectivity index (χ1n) is 5.81. The molecule has 2 unspecified atom stereocenters. The Hall–Kier alpha value is 0.470. The highest BCUT2D eigenvalue weighted by atomic mass is 79.9. The summed E-state index contributed by atoms with van der Waals surface area (Å²) < 4.78 is 2.16. The Balaban J connectivity index is 2.83. The van der Waals surface area contributed by atoms with E-state index < -0.39 is 0 Å². The summed E-state index contributed by atoms with van der Waals surface area (Å²) in [6, 6.07) is 6.15. The zero-order chi connectivity index (χ0) is 13.2. The van der Waals surface area contributed by atoms with Crippen LogP contribution < -0.4 is 0 Å². The number of benzene rings is 1. The molecule has 17 heavy (non-hydrogen) atoms. The fourth-order valence-electron chi connectivity index (χ4n) is 1.55. The van der Waals surface area contributed by atoms with Crippen LogP contribution in [0.2, 0.25) is 0 Å². The van der Waals surface area contributed by atoms with E-state index in [4.69, 9.17) is 11.6 Å². The third kappa shape index (κ3) is 4.57. The molecule has 0 saturated carbocycles. The Morgan fingerprint density at radius 2 is 1.82 bits per heavy atom. The van der Waals surface area contributed by atoms with Crippen LogP contribution in [0.25, 0.3) is 0 Å². The maximum absolute atomic E-state index is 6.53. The van der Waals surface area contributed by atoms with Crippen molar-refractivity contribution in [2.24, 2.45) is 11.3 Å². The Labute approximate surface area is 126 Å². The minimum Gasteiger partial charge on any atom is -0.118 e. The molecule has 0 saturated heterocycles. The number of alkyl halides is 1. The molecule has 3 heteroatoms. The van der Waals surface area contributed by atoms with Gasteiger partial charge in [-0.3, -0.25) is 0 Å². The number of hydrogen-bond acceptors (Lipinski definition) is 0. The zero-order valence-corrected chi connectivity index (χ0v) is 14.7. The van der Waals surface area contributed by atoms with Crippen molar-refractivity contribution in [1.29, 1.82) is 0 Å². The van der Waals surface area contributed by atoms with Crippen LogP contribution in [0.15, 0.2) is 27.1 Å². The highest BCUT2D eigenvalue weighted by Gasteiger charge is 2.24. The minimum atomic E-state index is 0.0519. The van der Waals surface area contributed by atoms with E-state index in [1.165, 1.54) is 0 Å². The third-order valence-corrected chi connectivity index (χ3v) is 4.96. The SMILES string of the molecule is CC(CC(Cl)c1cc(Br)ccc1Br)C(C)(C)C. The first-order chi connectivity index (χ1) is 7.71. The maximum Gasteiger partial charge on any atom is 0.0599 e. The normalized spacial score (nSPS) is 15.7. The largest absolute Gasteiger partial charge is 0.118 e. The van der Waals surface area contributed by atoms with Gasteiger partial charge in [0.2, 0.25) is 0 Å². The lowest BCUT2D eigenvalue weighted by atomic mass is 9.79. The third-order valence-electron chi connectivity index (χ3n) is 3.33. The fraction of sp³-hybridized carbons (Fsp3) is 0.571. The summed E-state index contributed by atoms with van der Waals surface area (Å²) in [7, 11) is 0. The van der Waals surface area contributed by atoms with Crippen molar-refractivity contribution in [3.63, 3.8) is 0 Å². The molecule has 0 radical (unpaired) electrons. The molecule has 96 valence electrons. The minimum absolute atomic E-state index is 0.0519. The number of halogens is 3. The molecule has 1 aromatic rings. The van der Waals surface area contributed by atoms with Crippen LogP contribution in [0.5, 0.6) is 0 Å². The van der Waals surface area contributed by atoms with E-state index in [2.05, 4.69) is 65.6 Å². The van der Waals surface area contributed by atoms with Gasteiger partial charge < -0.3 is 0 Å². The van der Waals surface area contributed by atoms with Gasteiger partial charge in [0.25, 0.3) is 0 Å². The smallest absolute Gasteiger partial charge is 0.0599 e. The molecule has 0 aliphatic carbocycles. The zero-order valence-electron chi connectivity index (χ0n) is 10.7. The second-order valence-corrected chi connectivity index (χ2v) is 7.93. The van der Waals surface area contributed by atoms with Gasteiger partial charge in [0, 0.05) is 8.95 Å². The Kier molecular flexibility index (Phi) is 5.55. The first kappa shape index (κ1) is 15.5. The van der Waals surface area contributed by atoms with E-state index in [1.54, 1.807) is 0 Å². The monoisotopic (exact) mass is 380 g/mol. The van der Waals surface area contributed by atoms with Gasteiger partial charge in [0.1, 0.15) is 0 Å². The van der Waals surface area contributed by atoms with E-state index >= 15 is 0 Å². The second kappa shape index (κ2) is 6.08. The van der Waals surface area contributed by atoms with Gasteiger partial charge in [-0.25, -0.2) is 0 Å². The topological polar surface area (TPSA) is 0 Å². The van der Waals surface area contributed by atoms with Crippen LogP contribution >= 0.6 is 43.5 Å². The lowest BCUT2D eigenvalue weighted by Gasteiger charge is -2.29. The summed E-state index contributed by atoms with van der Waals surface area (Å²) >= 11 is 13.6. The van der Waals surface area contributed by atoms with Crippen molar-refractivity contribution in [3.8, 4) is 0 Å². The van der Waals surface area contributed by atoms with Gasteiger partial charge in [-0.1, -0.05) is 59.6 Å². The molecule has 1 aromatic carbocycles. The van der Waals surface area contributed by atoms with Crippen LogP contribution in [0.4, 0.5) is 0 Å². The standard InChI is InChI=1S/C14H19Br2Cl/c1-9(14(2,3)4)7-13(17)11-8-10(15)5-6-12(11)16/h5-6,8-9,13H,7H2,1-4H3. The van der Waals surface area contributed by atoms with Crippen molar-refractivity contribution in [3.05, 3.63) is 32.7 Å². The molecule has 0 N–H and O–H groups in total. The van der Waals surface area contributed by atoms with E-state index in [-0.39, 0.29) is 5.38 Å². The quantitative estimate of drug-likeness (QED) is 0.519. The molecule has 0 spiro atoms. The average molecular weight is 383 g/mol. The summed E-state index contributed by atoms with van der Waals surface area (Å²) in [6.07, 6.45) is 0.986. The summed E-state index contributed by atoms with van der Waals surface area (Å²) in [5.74, 6) is 0.580. The summed E-state index contributed by atoms with van der Waals surface area (Å²) in [5.41, 5.74) is 1.46. The van der Waals surface area contributed by atoms with E-state index in [1.807, 2.05) is 12.1 Å². The molecule has 0 fully saturated rings. The molecule has 0 aromatic heterocycles. The van der Waals surface area contributed by atoms with Gasteiger partial charge in [0.15, 0.2) is 0 Å². The number of rotatable bonds is 3. The van der Waals surface area contributed by atoms with Crippen LogP contribution in [0, 0.1) is 11.3 Å². The molecular weight excluding hydrogens is 363 g/mol. The molecule has 0 nitrogen and oxygen atoms in total. The summed E-state index contributed by atoms with van der Waals surface area (Å²) in [4.78, 5) is 0. The molecule has 0 aliphatic heterocycles. The second-order valence-electron chi connectivity index (χ2n) is 5.64. The summed E-state index contributed by atoms with van der Waals surface area (Å²) in [5, 5.41) is 0.0519. The van der Waals surface area contributed by atoms with Crippen LogP contribution in [0.3, 0.4) is 0 Å². The molecule has 0 amide bonds. The van der Waals surface area contributed by atoms with Crippen molar-refractivity contribution in [1.82, 2.24) is 0 Å². The van der Waals surface area contributed by atoms with Crippen molar-refractivity contribution in [2.45, 2.75) is 39.5 Å². The first-order valence-corrected chi connectivity index (χ1v) is 7.83. The van der Waals surface area contributed by atoms with Gasteiger partial charge in [-0.05, 0) is 41.5 Å². The van der Waals surface area contributed by atoms with Crippen LogP contribution in [0.1, 0.15) is 45.1 Å².